The number of fused-ring (bicyclic) bond motifs is 4. The van der Waals surface area contributed by atoms with Gasteiger partial charge in [-0.2, -0.15) is 0 Å². The summed E-state index contributed by atoms with van der Waals surface area (Å²) in [5, 5.41) is 3.37. The SMILES string of the molecule is CCc1cc(CC)c2sc3ccccc3c(=O)c2c1.O=c1c2ccccc2sc2ccccc12. The van der Waals surface area contributed by atoms with Crippen molar-refractivity contribution >= 4 is 63.0 Å². The second-order valence-electron chi connectivity index (χ2n) is 8.19. The van der Waals surface area contributed by atoms with Crippen molar-refractivity contribution in [2.75, 3.05) is 0 Å². The standard InChI is InChI=1S/C17H16OS.C13H8OS/c1-3-11-9-12(4-2)17-14(10-11)16(18)13-7-5-6-8-15(13)19-17;14-13-9-5-1-3-7-11(9)15-12-8-4-2-6-10(12)13/h5-10H,3-4H2,1-2H3;1-8H. The Morgan fingerprint density at radius 3 is 1.53 bits per heavy atom. The Morgan fingerprint density at radius 2 is 1.03 bits per heavy atom. The van der Waals surface area contributed by atoms with Crippen LogP contribution in [0.2, 0.25) is 0 Å². The molecule has 0 atom stereocenters. The number of hydrogen-bond donors (Lipinski definition) is 0. The van der Waals surface area contributed by atoms with E-state index in [9.17, 15) is 9.59 Å². The van der Waals surface area contributed by atoms with Crippen LogP contribution in [0.15, 0.2) is 94.5 Å². The molecule has 0 fully saturated rings. The van der Waals surface area contributed by atoms with Crippen LogP contribution >= 0.6 is 22.7 Å². The van der Waals surface area contributed by atoms with E-state index >= 15 is 0 Å². The van der Waals surface area contributed by atoms with Gasteiger partial charge in [0.15, 0.2) is 10.9 Å². The van der Waals surface area contributed by atoms with Gasteiger partial charge in [-0.3, -0.25) is 9.59 Å². The van der Waals surface area contributed by atoms with Crippen LogP contribution in [0.4, 0.5) is 0 Å². The highest BCUT2D eigenvalue weighted by Crippen LogP contribution is 2.29. The van der Waals surface area contributed by atoms with Crippen molar-refractivity contribution in [3.63, 3.8) is 0 Å². The monoisotopic (exact) mass is 480 g/mol. The second-order valence-corrected chi connectivity index (χ2v) is 10.3. The molecule has 34 heavy (non-hydrogen) atoms. The topological polar surface area (TPSA) is 34.1 Å². The van der Waals surface area contributed by atoms with E-state index in [1.54, 1.807) is 22.7 Å². The molecule has 0 saturated carbocycles. The smallest absolute Gasteiger partial charge is 0.195 e. The Labute approximate surface area is 205 Å². The van der Waals surface area contributed by atoms with E-state index in [0.717, 1.165) is 53.2 Å². The van der Waals surface area contributed by atoms with Gasteiger partial charge in [0.25, 0.3) is 0 Å². The van der Waals surface area contributed by atoms with Gasteiger partial charge in [0, 0.05) is 40.3 Å². The quantitative estimate of drug-likeness (QED) is 0.236. The summed E-state index contributed by atoms with van der Waals surface area (Å²) in [6.07, 6.45) is 1.94. The molecule has 168 valence electrons. The molecule has 0 amide bonds. The molecule has 6 rings (SSSR count). The third-order valence-electron chi connectivity index (χ3n) is 6.09. The molecule has 2 aromatic heterocycles. The summed E-state index contributed by atoms with van der Waals surface area (Å²) in [4.78, 5) is 24.7. The van der Waals surface area contributed by atoms with Gasteiger partial charge < -0.3 is 0 Å². The first kappa shape index (κ1) is 22.5. The van der Waals surface area contributed by atoms with Crippen LogP contribution in [-0.2, 0) is 12.8 Å². The Hall–Kier alpha value is -3.34. The maximum Gasteiger partial charge on any atom is 0.195 e. The van der Waals surface area contributed by atoms with Crippen molar-refractivity contribution in [1.29, 1.82) is 0 Å². The zero-order valence-electron chi connectivity index (χ0n) is 19.1. The molecule has 0 aliphatic rings. The molecule has 0 saturated heterocycles. The first-order chi connectivity index (χ1) is 16.6. The van der Waals surface area contributed by atoms with Gasteiger partial charge in [-0.25, -0.2) is 0 Å². The van der Waals surface area contributed by atoms with Crippen LogP contribution in [0.1, 0.15) is 25.0 Å². The Morgan fingerprint density at radius 1 is 0.559 bits per heavy atom. The van der Waals surface area contributed by atoms with Crippen LogP contribution < -0.4 is 10.9 Å². The van der Waals surface area contributed by atoms with Gasteiger partial charge in [-0.05, 0) is 66.4 Å². The molecule has 0 radical (unpaired) electrons. The highest BCUT2D eigenvalue weighted by molar-refractivity contribution is 7.25. The van der Waals surface area contributed by atoms with E-state index in [1.807, 2.05) is 72.8 Å². The van der Waals surface area contributed by atoms with Gasteiger partial charge in [-0.15, -0.1) is 22.7 Å². The van der Waals surface area contributed by atoms with Crippen molar-refractivity contribution in [2.24, 2.45) is 0 Å². The van der Waals surface area contributed by atoms with Gasteiger partial charge in [0.1, 0.15) is 0 Å². The second kappa shape index (κ2) is 9.49. The summed E-state index contributed by atoms with van der Waals surface area (Å²) in [6, 6.07) is 27.7. The summed E-state index contributed by atoms with van der Waals surface area (Å²) in [5.74, 6) is 0. The zero-order chi connectivity index (χ0) is 23.7. The van der Waals surface area contributed by atoms with Crippen LogP contribution in [0.3, 0.4) is 0 Å². The summed E-state index contributed by atoms with van der Waals surface area (Å²) < 4.78 is 4.35. The van der Waals surface area contributed by atoms with Crippen LogP contribution in [0.5, 0.6) is 0 Å². The Balaban J connectivity index is 0.000000145. The predicted octanol–water partition coefficient (Wildman–Crippen LogP) is 7.95. The average molecular weight is 481 g/mol. The summed E-state index contributed by atoms with van der Waals surface area (Å²) in [6.45, 7) is 4.29. The molecule has 2 nitrogen and oxygen atoms in total. The highest BCUT2D eigenvalue weighted by Gasteiger charge is 2.10. The molecule has 0 bridgehead atoms. The first-order valence-electron chi connectivity index (χ1n) is 11.5. The fourth-order valence-corrected chi connectivity index (χ4v) is 6.56. The molecule has 4 heteroatoms. The molecule has 0 aliphatic carbocycles. The molecular formula is C30H24O2S2. The third kappa shape index (κ3) is 4.04. The van der Waals surface area contributed by atoms with E-state index < -0.39 is 0 Å². The predicted molar refractivity (Wildman–Crippen MR) is 150 cm³/mol. The number of benzene rings is 4. The van der Waals surface area contributed by atoms with Gasteiger partial charge in [-0.1, -0.05) is 56.3 Å². The van der Waals surface area contributed by atoms with Gasteiger partial charge in [0.05, 0.1) is 0 Å². The molecular weight excluding hydrogens is 456 g/mol. The van der Waals surface area contributed by atoms with Gasteiger partial charge >= 0.3 is 0 Å². The molecule has 4 aromatic carbocycles. The molecule has 0 unspecified atom stereocenters. The normalized spacial score (nSPS) is 11.1. The summed E-state index contributed by atoms with van der Waals surface area (Å²) in [5.41, 5.74) is 2.86. The number of aryl methyl sites for hydroxylation is 2. The van der Waals surface area contributed by atoms with E-state index in [2.05, 4.69) is 26.0 Å². The minimum atomic E-state index is 0.139. The lowest BCUT2D eigenvalue weighted by Gasteiger charge is -2.08. The number of hydrogen-bond acceptors (Lipinski definition) is 4. The minimum Gasteiger partial charge on any atom is -0.289 e. The number of rotatable bonds is 2. The van der Waals surface area contributed by atoms with Gasteiger partial charge in [0.2, 0.25) is 0 Å². The van der Waals surface area contributed by atoms with E-state index in [4.69, 9.17) is 0 Å². The zero-order valence-corrected chi connectivity index (χ0v) is 20.8. The lowest BCUT2D eigenvalue weighted by Crippen LogP contribution is -2.03. The summed E-state index contributed by atoms with van der Waals surface area (Å²) >= 11 is 3.40. The molecule has 0 spiro atoms. The molecule has 2 heterocycles. The van der Waals surface area contributed by atoms with Crippen LogP contribution in [0, 0.1) is 0 Å². The van der Waals surface area contributed by atoms with Crippen molar-refractivity contribution in [3.8, 4) is 0 Å². The van der Waals surface area contributed by atoms with E-state index in [0.29, 0.717) is 0 Å². The lowest BCUT2D eigenvalue weighted by atomic mass is 10.0. The lowest BCUT2D eigenvalue weighted by molar-refractivity contribution is 1.10. The summed E-state index contributed by atoms with van der Waals surface area (Å²) in [7, 11) is 0. The maximum atomic E-state index is 12.6. The largest absolute Gasteiger partial charge is 0.289 e. The van der Waals surface area contributed by atoms with Crippen molar-refractivity contribution < 1.29 is 0 Å². The maximum absolute atomic E-state index is 12.6. The Bertz CT molecular complexity index is 1720. The molecule has 0 N–H and O–H groups in total. The van der Waals surface area contributed by atoms with Crippen molar-refractivity contribution in [1.82, 2.24) is 0 Å². The van der Waals surface area contributed by atoms with E-state index in [-0.39, 0.29) is 10.9 Å². The fraction of sp³-hybridized carbons (Fsp3) is 0.133. The Kier molecular flexibility index (Phi) is 6.27. The third-order valence-corrected chi connectivity index (χ3v) is 8.50. The average Bonchev–Trinajstić information content (AvgIpc) is 2.89. The first-order valence-corrected chi connectivity index (χ1v) is 13.1. The van der Waals surface area contributed by atoms with Crippen LogP contribution in [-0.4, -0.2) is 0 Å². The van der Waals surface area contributed by atoms with Crippen LogP contribution in [0.25, 0.3) is 40.3 Å². The van der Waals surface area contributed by atoms with E-state index in [1.165, 1.54) is 11.1 Å². The molecule has 0 aliphatic heterocycles. The van der Waals surface area contributed by atoms with Crippen molar-refractivity contribution in [3.05, 3.63) is 117 Å². The minimum absolute atomic E-state index is 0.139. The highest BCUT2D eigenvalue weighted by atomic mass is 32.1. The van der Waals surface area contributed by atoms with Crippen molar-refractivity contribution in [2.45, 2.75) is 26.7 Å². The fourth-order valence-electron chi connectivity index (χ4n) is 4.26. The molecule has 6 aromatic rings.